The largest absolute Gasteiger partial charge is 0.0651 e. The molecule has 0 aromatic heterocycles. The summed E-state index contributed by atoms with van der Waals surface area (Å²) < 4.78 is 0. The molecule has 0 saturated heterocycles. The molecule has 0 amide bonds. The van der Waals surface area contributed by atoms with Crippen LogP contribution < -0.4 is 0 Å². The van der Waals surface area contributed by atoms with Crippen molar-refractivity contribution in [1.82, 2.24) is 0 Å². The molecule has 5 unspecified atom stereocenters. The summed E-state index contributed by atoms with van der Waals surface area (Å²) in [4.78, 5) is 0. The van der Waals surface area contributed by atoms with Crippen molar-refractivity contribution < 1.29 is 0 Å². The Morgan fingerprint density at radius 1 is 1.00 bits per heavy atom. The van der Waals surface area contributed by atoms with Gasteiger partial charge in [0.25, 0.3) is 0 Å². The summed E-state index contributed by atoms with van der Waals surface area (Å²) in [6.45, 7) is 14.7. The Morgan fingerprint density at radius 2 is 1.62 bits per heavy atom. The quantitative estimate of drug-likeness (QED) is 0.591. The maximum atomic E-state index is 2.49. The molecule has 1 rings (SSSR count). The van der Waals surface area contributed by atoms with Gasteiger partial charge in [0.2, 0.25) is 0 Å². The van der Waals surface area contributed by atoms with Crippen molar-refractivity contribution >= 4 is 0 Å². The molecule has 5 atom stereocenters. The first-order valence-corrected chi connectivity index (χ1v) is 7.45. The zero-order chi connectivity index (χ0) is 12.3. The maximum Gasteiger partial charge on any atom is -0.0386 e. The fourth-order valence-electron chi connectivity index (χ4n) is 3.68. The van der Waals surface area contributed by atoms with Gasteiger partial charge in [0, 0.05) is 0 Å². The molecular formula is C16H32. The summed E-state index contributed by atoms with van der Waals surface area (Å²) in [6.07, 6.45) is 5.76. The van der Waals surface area contributed by atoms with Gasteiger partial charge in [-0.3, -0.25) is 0 Å². The van der Waals surface area contributed by atoms with Crippen LogP contribution in [0.2, 0.25) is 0 Å². The second-order valence-corrected chi connectivity index (χ2v) is 6.82. The molecule has 0 nitrogen and oxygen atoms in total. The van der Waals surface area contributed by atoms with Gasteiger partial charge in [-0.15, -0.1) is 0 Å². The topological polar surface area (TPSA) is 0 Å². The molecule has 0 N–H and O–H groups in total. The predicted molar refractivity (Wildman–Crippen MR) is 73.5 cm³/mol. The van der Waals surface area contributed by atoms with Gasteiger partial charge in [-0.2, -0.15) is 0 Å². The van der Waals surface area contributed by atoms with E-state index in [0.29, 0.717) is 0 Å². The minimum absolute atomic E-state index is 0.871. The average Bonchev–Trinajstić information content (AvgIpc) is 2.22. The second-order valence-electron chi connectivity index (χ2n) is 6.82. The molecule has 1 fully saturated rings. The highest BCUT2D eigenvalue weighted by molar-refractivity contribution is 4.80. The summed E-state index contributed by atoms with van der Waals surface area (Å²) in [5.74, 6) is 5.59. The Labute approximate surface area is 103 Å². The van der Waals surface area contributed by atoms with E-state index in [0.717, 1.165) is 35.5 Å². The molecule has 1 aliphatic rings. The minimum atomic E-state index is 0.871. The van der Waals surface area contributed by atoms with Gasteiger partial charge in [-0.25, -0.2) is 0 Å². The van der Waals surface area contributed by atoms with Gasteiger partial charge in [0.15, 0.2) is 0 Å². The molecule has 0 heterocycles. The molecule has 0 aromatic carbocycles. The van der Waals surface area contributed by atoms with Crippen LogP contribution in [0.4, 0.5) is 0 Å². The monoisotopic (exact) mass is 224 g/mol. The molecule has 16 heavy (non-hydrogen) atoms. The molecule has 0 radical (unpaired) electrons. The maximum absolute atomic E-state index is 2.49. The average molecular weight is 224 g/mol. The van der Waals surface area contributed by atoms with E-state index in [-0.39, 0.29) is 0 Å². The van der Waals surface area contributed by atoms with Gasteiger partial charge in [-0.1, -0.05) is 48.0 Å². The van der Waals surface area contributed by atoms with Crippen molar-refractivity contribution in [3.8, 4) is 0 Å². The Kier molecular flexibility index (Phi) is 5.34. The van der Waals surface area contributed by atoms with Gasteiger partial charge in [0.05, 0.1) is 0 Å². The number of rotatable bonds is 2. The summed E-state index contributed by atoms with van der Waals surface area (Å²) in [6, 6.07) is 0. The molecule has 96 valence electrons. The third-order valence-electron chi connectivity index (χ3n) is 5.19. The van der Waals surface area contributed by atoms with Crippen molar-refractivity contribution in [3.05, 3.63) is 0 Å². The second kappa shape index (κ2) is 6.07. The smallest absolute Gasteiger partial charge is 0.0386 e. The fourth-order valence-corrected chi connectivity index (χ4v) is 3.68. The molecule has 0 heteroatoms. The van der Waals surface area contributed by atoms with E-state index in [4.69, 9.17) is 0 Å². The van der Waals surface area contributed by atoms with Crippen LogP contribution in [0.1, 0.15) is 67.2 Å². The van der Waals surface area contributed by atoms with Crippen LogP contribution in [-0.2, 0) is 0 Å². The molecule has 0 aromatic rings. The normalized spacial score (nSPS) is 41.8. The lowest BCUT2D eigenvalue weighted by Gasteiger charge is -2.38. The molecule has 1 aliphatic carbocycles. The van der Waals surface area contributed by atoms with Crippen LogP contribution in [0.3, 0.4) is 0 Å². The highest BCUT2D eigenvalue weighted by Gasteiger charge is 2.30. The Balaban J connectivity index is 2.71. The highest BCUT2D eigenvalue weighted by Crippen LogP contribution is 2.40. The number of hydrogen-bond donors (Lipinski definition) is 0. The van der Waals surface area contributed by atoms with Crippen molar-refractivity contribution in [1.29, 1.82) is 0 Å². The Morgan fingerprint density at radius 3 is 2.12 bits per heavy atom. The van der Waals surface area contributed by atoms with E-state index < -0.39 is 0 Å². The van der Waals surface area contributed by atoms with Gasteiger partial charge < -0.3 is 0 Å². The van der Waals surface area contributed by atoms with Gasteiger partial charge in [0.1, 0.15) is 0 Å². The van der Waals surface area contributed by atoms with Crippen LogP contribution >= 0.6 is 0 Å². The lowest BCUT2D eigenvalue weighted by Crippen LogP contribution is -2.28. The van der Waals surface area contributed by atoms with Crippen molar-refractivity contribution in [3.63, 3.8) is 0 Å². The lowest BCUT2D eigenvalue weighted by atomic mass is 9.68. The van der Waals surface area contributed by atoms with Crippen LogP contribution in [0.15, 0.2) is 0 Å². The molecule has 1 saturated carbocycles. The van der Waals surface area contributed by atoms with Crippen molar-refractivity contribution in [2.45, 2.75) is 67.2 Å². The Hall–Kier alpha value is 0. The Bertz CT molecular complexity index is 192. The SMILES string of the molecule is CCC1CC(C)CC(C(C)C)CC(C)C1C. The van der Waals surface area contributed by atoms with E-state index in [1.54, 1.807) is 0 Å². The molecule has 0 spiro atoms. The first-order chi connectivity index (χ1) is 7.45. The fraction of sp³-hybridized carbons (Fsp3) is 1.00. The first-order valence-electron chi connectivity index (χ1n) is 7.45. The zero-order valence-electron chi connectivity index (χ0n) is 12.3. The van der Waals surface area contributed by atoms with Crippen LogP contribution in [0.5, 0.6) is 0 Å². The van der Waals surface area contributed by atoms with Gasteiger partial charge in [-0.05, 0) is 54.8 Å². The summed E-state index contributed by atoms with van der Waals surface area (Å²) in [5, 5.41) is 0. The molecular weight excluding hydrogens is 192 g/mol. The lowest BCUT2D eigenvalue weighted by molar-refractivity contribution is 0.125. The van der Waals surface area contributed by atoms with E-state index in [9.17, 15) is 0 Å². The summed E-state index contributed by atoms with van der Waals surface area (Å²) >= 11 is 0. The standard InChI is InChI=1S/C16H32/c1-7-15-8-12(4)9-16(11(2)3)10-13(5)14(15)6/h11-16H,7-10H2,1-6H3. The summed E-state index contributed by atoms with van der Waals surface area (Å²) in [7, 11) is 0. The van der Waals surface area contributed by atoms with E-state index in [1.165, 1.54) is 25.7 Å². The van der Waals surface area contributed by atoms with Crippen molar-refractivity contribution in [2.75, 3.05) is 0 Å². The van der Waals surface area contributed by atoms with Gasteiger partial charge >= 0.3 is 0 Å². The van der Waals surface area contributed by atoms with Crippen LogP contribution in [0.25, 0.3) is 0 Å². The predicted octanol–water partition coefficient (Wildman–Crippen LogP) is 5.38. The van der Waals surface area contributed by atoms with E-state index >= 15 is 0 Å². The first kappa shape index (κ1) is 14.1. The van der Waals surface area contributed by atoms with Crippen LogP contribution in [-0.4, -0.2) is 0 Å². The minimum Gasteiger partial charge on any atom is -0.0651 e. The molecule has 0 bridgehead atoms. The molecule has 0 aliphatic heterocycles. The zero-order valence-corrected chi connectivity index (χ0v) is 12.3. The van der Waals surface area contributed by atoms with E-state index in [1.807, 2.05) is 0 Å². The highest BCUT2D eigenvalue weighted by atomic mass is 14.4. The number of hydrogen-bond acceptors (Lipinski definition) is 0. The van der Waals surface area contributed by atoms with Crippen molar-refractivity contribution in [2.24, 2.45) is 35.5 Å². The third kappa shape index (κ3) is 3.50. The van der Waals surface area contributed by atoms with Crippen LogP contribution in [0, 0.1) is 35.5 Å². The summed E-state index contributed by atoms with van der Waals surface area (Å²) in [5.41, 5.74) is 0. The van der Waals surface area contributed by atoms with E-state index in [2.05, 4.69) is 41.5 Å². The third-order valence-corrected chi connectivity index (χ3v) is 5.19.